The predicted molar refractivity (Wildman–Crippen MR) is 122 cm³/mol. The second-order valence-electron chi connectivity index (χ2n) is 9.45. The van der Waals surface area contributed by atoms with Gasteiger partial charge in [0.1, 0.15) is 6.04 Å². The molecule has 1 aromatic carbocycles. The quantitative estimate of drug-likeness (QED) is 0.644. The summed E-state index contributed by atoms with van der Waals surface area (Å²) in [5, 5.41) is 11.9. The molecule has 1 unspecified atom stereocenters. The molecule has 2 aromatic rings. The average molecular weight is 424 g/mol. The zero-order valence-corrected chi connectivity index (χ0v) is 18.1. The third-order valence-electron chi connectivity index (χ3n) is 7.08. The molecule has 2 amide bonds. The molecule has 31 heavy (non-hydrogen) atoms. The molecule has 3 fully saturated rings. The predicted octanol–water partition coefficient (Wildman–Crippen LogP) is 2.49. The second kappa shape index (κ2) is 9.01. The first kappa shape index (κ1) is 20.5. The topological polar surface area (TPSA) is 78.4 Å². The number of hydrogen-bond donors (Lipinski definition) is 3. The van der Waals surface area contributed by atoms with Crippen molar-refractivity contribution < 1.29 is 9.59 Å². The van der Waals surface area contributed by atoms with E-state index in [-0.39, 0.29) is 17.9 Å². The Hall–Kier alpha value is -2.38. The zero-order valence-electron chi connectivity index (χ0n) is 18.1. The van der Waals surface area contributed by atoms with Gasteiger partial charge in [0, 0.05) is 49.0 Å². The largest absolute Gasteiger partial charge is 0.381 e. The number of nitrogens with one attached hydrogen (secondary N) is 3. The van der Waals surface area contributed by atoms with Gasteiger partial charge in [-0.15, -0.1) is 0 Å². The van der Waals surface area contributed by atoms with E-state index in [2.05, 4.69) is 39.0 Å². The summed E-state index contributed by atoms with van der Waals surface area (Å²) in [6, 6.07) is 6.62. The van der Waals surface area contributed by atoms with Crippen LogP contribution in [0.2, 0.25) is 0 Å². The lowest BCUT2D eigenvalue weighted by molar-refractivity contribution is -0.135. The number of rotatable bonds is 5. The number of fused-ring (bicyclic) bond motifs is 1. The van der Waals surface area contributed by atoms with Crippen molar-refractivity contribution in [2.45, 2.75) is 50.6 Å². The van der Waals surface area contributed by atoms with Crippen LogP contribution in [0.1, 0.15) is 44.6 Å². The SMILES string of the molecule is O=C1CCC(n2cc3ccc(N[C@H]4CCCN(CC5CCNCC5)C4)cc3c2)C(=O)N1. The van der Waals surface area contributed by atoms with Gasteiger partial charge in [-0.1, -0.05) is 6.07 Å². The van der Waals surface area contributed by atoms with Crippen molar-refractivity contribution in [2.24, 2.45) is 5.92 Å². The molecular weight excluding hydrogens is 390 g/mol. The van der Waals surface area contributed by atoms with E-state index >= 15 is 0 Å². The first-order valence-electron chi connectivity index (χ1n) is 11.8. The molecule has 7 heteroatoms. The van der Waals surface area contributed by atoms with Crippen LogP contribution in [0.3, 0.4) is 0 Å². The Morgan fingerprint density at radius 3 is 2.71 bits per heavy atom. The van der Waals surface area contributed by atoms with Crippen LogP contribution in [-0.4, -0.2) is 60.0 Å². The Bertz CT molecular complexity index is 949. The summed E-state index contributed by atoms with van der Waals surface area (Å²) in [5.74, 6) is 0.459. The monoisotopic (exact) mass is 423 g/mol. The van der Waals surface area contributed by atoms with Gasteiger partial charge in [0.15, 0.2) is 0 Å². The highest BCUT2D eigenvalue weighted by Crippen LogP contribution is 2.27. The van der Waals surface area contributed by atoms with E-state index in [1.165, 1.54) is 51.9 Å². The smallest absolute Gasteiger partial charge is 0.249 e. The molecule has 1 aromatic heterocycles. The maximum absolute atomic E-state index is 12.2. The molecule has 0 bridgehead atoms. The Labute approximate surface area is 183 Å². The molecular formula is C24H33N5O2. The van der Waals surface area contributed by atoms with Crippen molar-refractivity contribution in [3.05, 3.63) is 30.6 Å². The first-order valence-corrected chi connectivity index (χ1v) is 11.8. The van der Waals surface area contributed by atoms with Crippen molar-refractivity contribution in [1.29, 1.82) is 0 Å². The molecule has 2 atom stereocenters. The van der Waals surface area contributed by atoms with Crippen LogP contribution in [0.25, 0.3) is 10.8 Å². The van der Waals surface area contributed by atoms with Gasteiger partial charge >= 0.3 is 0 Å². The first-order chi connectivity index (χ1) is 15.1. The Morgan fingerprint density at radius 2 is 1.87 bits per heavy atom. The highest BCUT2D eigenvalue weighted by atomic mass is 16.2. The Kier molecular flexibility index (Phi) is 5.96. The minimum atomic E-state index is -0.302. The summed E-state index contributed by atoms with van der Waals surface area (Å²) in [5.41, 5.74) is 1.14. The van der Waals surface area contributed by atoms with Gasteiger partial charge in [-0.3, -0.25) is 14.9 Å². The fraction of sp³-hybridized carbons (Fsp3) is 0.583. The van der Waals surface area contributed by atoms with E-state index in [1.807, 2.05) is 17.0 Å². The zero-order chi connectivity index (χ0) is 21.2. The van der Waals surface area contributed by atoms with Crippen LogP contribution < -0.4 is 16.0 Å². The number of imide groups is 1. The highest BCUT2D eigenvalue weighted by Gasteiger charge is 2.28. The third-order valence-corrected chi connectivity index (χ3v) is 7.08. The van der Waals surface area contributed by atoms with Gasteiger partial charge in [-0.05, 0) is 75.2 Å². The second-order valence-corrected chi connectivity index (χ2v) is 9.45. The third kappa shape index (κ3) is 4.77. The van der Waals surface area contributed by atoms with E-state index in [4.69, 9.17) is 0 Å². The van der Waals surface area contributed by atoms with Gasteiger partial charge in [-0.25, -0.2) is 0 Å². The van der Waals surface area contributed by atoms with Gasteiger partial charge in [0.25, 0.3) is 0 Å². The molecule has 5 rings (SSSR count). The van der Waals surface area contributed by atoms with Crippen LogP contribution in [0, 0.1) is 5.92 Å². The number of anilines is 1. The van der Waals surface area contributed by atoms with Crippen LogP contribution >= 0.6 is 0 Å². The minimum Gasteiger partial charge on any atom is -0.381 e. The summed E-state index contributed by atoms with van der Waals surface area (Å²) < 4.78 is 1.96. The van der Waals surface area contributed by atoms with Crippen LogP contribution in [-0.2, 0) is 9.59 Å². The van der Waals surface area contributed by atoms with Gasteiger partial charge in [-0.2, -0.15) is 0 Å². The molecule has 3 aliphatic heterocycles. The van der Waals surface area contributed by atoms with E-state index in [9.17, 15) is 9.59 Å². The number of benzene rings is 1. The number of carbonyl (C=O) groups is 2. The van der Waals surface area contributed by atoms with Crippen molar-refractivity contribution >= 4 is 28.3 Å². The molecule has 0 spiro atoms. The number of hydrogen-bond acceptors (Lipinski definition) is 5. The maximum atomic E-state index is 12.2. The number of aromatic nitrogens is 1. The Balaban J connectivity index is 1.23. The molecule has 166 valence electrons. The molecule has 0 saturated carbocycles. The summed E-state index contributed by atoms with van der Waals surface area (Å²) in [6.07, 6.45) is 10.1. The fourth-order valence-corrected chi connectivity index (χ4v) is 5.40. The summed E-state index contributed by atoms with van der Waals surface area (Å²) in [4.78, 5) is 26.3. The molecule has 3 N–H and O–H groups in total. The number of amides is 2. The van der Waals surface area contributed by atoms with E-state index in [1.54, 1.807) is 0 Å². The number of piperidine rings is 3. The molecule has 3 aliphatic rings. The fourth-order valence-electron chi connectivity index (χ4n) is 5.40. The standard InChI is InChI=1S/C24H33N5O2/c30-23-6-5-22(24(31)27-23)29-14-18-3-4-20(12-19(18)15-29)26-21-2-1-11-28(16-21)13-17-7-9-25-10-8-17/h3-4,12,14-15,17,21-22,25-26H,1-2,5-11,13,16H2,(H,27,30,31)/t21-,22?/m0/s1. The molecule has 4 heterocycles. The van der Waals surface area contributed by atoms with Crippen LogP contribution in [0.4, 0.5) is 5.69 Å². The number of nitrogens with zero attached hydrogens (tertiary/aromatic N) is 2. The maximum Gasteiger partial charge on any atom is 0.249 e. The Morgan fingerprint density at radius 1 is 1.03 bits per heavy atom. The van der Waals surface area contributed by atoms with E-state index in [0.717, 1.165) is 28.9 Å². The van der Waals surface area contributed by atoms with Crippen LogP contribution in [0.15, 0.2) is 30.6 Å². The van der Waals surface area contributed by atoms with Gasteiger partial charge < -0.3 is 20.1 Å². The van der Waals surface area contributed by atoms with Gasteiger partial charge in [0.05, 0.1) is 0 Å². The summed E-state index contributed by atoms with van der Waals surface area (Å²) in [7, 11) is 0. The van der Waals surface area contributed by atoms with Crippen molar-refractivity contribution in [3.63, 3.8) is 0 Å². The molecule has 7 nitrogen and oxygen atoms in total. The lowest BCUT2D eigenvalue weighted by Crippen LogP contribution is -2.45. The molecule has 0 aliphatic carbocycles. The number of likely N-dealkylation sites (tertiary alicyclic amines) is 1. The van der Waals surface area contributed by atoms with E-state index in [0.29, 0.717) is 18.9 Å². The lowest BCUT2D eigenvalue weighted by atomic mass is 9.96. The highest BCUT2D eigenvalue weighted by molar-refractivity contribution is 5.99. The van der Waals surface area contributed by atoms with Crippen molar-refractivity contribution in [1.82, 2.24) is 20.1 Å². The van der Waals surface area contributed by atoms with Crippen molar-refractivity contribution in [3.8, 4) is 0 Å². The van der Waals surface area contributed by atoms with Crippen LogP contribution in [0.5, 0.6) is 0 Å². The van der Waals surface area contributed by atoms with Gasteiger partial charge in [0.2, 0.25) is 11.8 Å². The molecule has 0 radical (unpaired) electrons. The minimum absolute atomic E-state index is 0.175. The average Bonchev–Trinajstić information content (AvgIpc) is 3.18. The normalized spacial score (nSPS) is 26.2. The van der Waals surface area contributed by atoms with E-state index < -0.39 is 0 Å². The summed E-state index contributed by atoms with van der Waals surface area (Å²) in [6.45, 7) is 5.89. The summed E-state index contributed by atoms with van der Waals surface area (Å²) >= 11 is 0. The molecule has 3 saturated heterocycles. The van der Waals surface area contributed by atoms with Crippen molar-refractivity contribution in [2.75, 3.05) is 38.0 Å². The number of carbonyl (C=O) groups excluding carboxylic acids is 2. The lowest BCUT2D eigenvalue weighted by Gasteiger charge is -2.36.